The average molecular weight is 190 g/mol. The Hall–Kier alpha value is -1.24. The summed E-state index contributed by atoms with van der Waals surface area (Å²) in [7, 11) is 0. The Morgan fingerprint density at radius 3 is 3.08 bits per heavy atom. The fourth-order valence-electron chi connectivity index (χ4n) is 1.12. The lowest BCUT2D eigenvalue weighted by atomic mass is 10.3. The van der Waals surface area contributed by atoms with E-state index in [1.807, 2.05) is 0 Å². The van der Waals surface area contributed by atoms with Crippen LogP contribution < -0.4 is 0 Å². The van der Waals surface area contributed by atoms with E-state index in [9.17, 15) is 14.5 Å². The molecule has 74 valence electrons. The standard InChI is InChI=1S/C6H10FN3O3/c7-3-5(11)4-9-2-1-8-6(9)10(12)13/h5,11H,1-4H2/i7-1. The highest BCUT2D eigenvalue weighted by Crippen LogP contribution is 2.03. The molecule has 0 saturated heterocycles. The predicted octanol–water partition coefficient (Wildman–Crippen LogP) is -0.735. The number of rotatable bonds is 3. The maximum atomic E-state index is 11.9. The van der Waals surface area contributed by atoms with Gasteiger partial charge in [-0.1, -0.05) is 0 Å². The molecule has 0 radical (unpaired) electrons. The molecule has 0 fully saturated rings. The second-order valence-electron chi connectivity index (χ2n) is 2.69. The van der Waals surface area contributed by atoms with Crippen LogP contribution in [0.25, 0.3) is 0 Å². The highest BCUT2D eigenvalue weighted by Gasteiger charge is 2.29. The van der Waals surface area contributed by atoms with Gasteiger partial charge >= 0.3 is 5.96 Å². The molecule has 1 aliphatic rings. The number of hydrogen-bond acceptors (Lipinski definition) is 5. The maximum absolute atomic E-state index is 11.9. The molecule has 0 aromatic carbocycles. The Balaban J connectivity index is 2.52. The maximum Gasteiger partial charge on any atom is 0.425 e. The van der Waals surface area contributed by atoms with Gasteiger partial charge in [-0.15, -0.1) is 4.99 Å². The Bertz CT molecular complexity index is 233. The Morgan fingerprint density at radius 1 is 1.85 bits per heavy atom. The van der Waals surface area contributed by atoms with Gasteiger partial charge in [0.25, 0.3) is 0 Å². The van der Waals surface area contributed by atoms with E-state index in [1.165, 1.54) is 4.90 Å². The van der Waals surface area contributed by atoms with Crippen molar-refractivity contribution in [3.63, 3.8) is 0 Å². The molecule has 0 saturated carbocycles. The summed E-state index contributed by atoms with van der Waals surface area (Å²) in [6, 6.07) is 0. The molecular weight excluding hydrogens is 180 g/mol. The fraction of sp³-hybridized carbons (Fsp3) is 0.833. The summed E-state index contributed by atoms with van der Waals surface area (Å²) in [6.07, 6.45) is -1.18. The van der Waals surface area contributed by atoms with Gasteiger partial charge in [0, 0.05) is 0 Å². The van der Waals surface area contributed by atoms with Crippen molar-refractivity contribution >= 4 is 5.96 Å². The molecule has 1 atom stereocenters. The molecule has 0 aromatic heterocycles. The Kier molecular flexibility index (Phi) is 3.13. The zero-order valence-corrected chi connectivity index (χ0v) is 6.89. The zero-order valence-electron chi connectivity index (χ0n) is 6.89. The molecule has 0 aromatic rings. The molecule has 6 nitrogen and oxygen atoms in total. The van der Waals surface area contributed by atoms with Gasteiger partial charge in [0.1, 0.15) is 25.9 Å². The molecule has 0 bridgehead atoms. The van der Waals surface area contributed by atoms with Crippen molar-refractivity contribution in [2.24, 2.45) is 4.99 Å². The van der Waals surface area contributed by atoms with Crippen LogP contribution in [0, 0.1) is 10.1 Å². The third-order valence-corrected chi connectivity index (χ3v) is 1.68. The predicted molar refractivity (Wildman–Crippen MR) is 42.9 cm³/mol. The smallest absolute Gasteiger partial charge is 0.390 e. The summed E-state index contributed by atoms with van der Waals surface area (Å²) < 4.78 is 11.9. The second-order valence-corrected chi connectivity index (χ2v) is 2.69. The van der Waals surface area contributed by atoms with Gasteiger partial charge in [0.15, 0.2) is 0 Å². The monoisotopic (exact) mass is 190 g/mol. The van der Waals surface area contributed by atoms with Crippen LogP contribution in [0.1, 0.15) is 0 Å². The van der Waals surface area contributed by atoms with Gasteiger partial charge in [0.05, 0.1) is 6.54 Å². The molecule has 7 heteroatoms. The summed E-state index contributed by atoms with van der Waals surface area (Å²) >= 11 is 0. The molecule has 0 spiro atoms. The third-order valence-electron chi connectivity index (χ3n) is 1.68. The first kappa shape index (κ1) is 9.85. The number of nitro groups is 1. The normalized spacial score (nSPS) is 18.6. The lowest BCUT2D eigenvalue weighted by Gasteiger charge is -2.14. The minimum Gasteiger partial charge on any atom is -0.390 e. The number of halogens is 1. The highest BCUT2D eigenvalue weighted by atomic mass is 18.2. The van der Waals surface area contributed by atoms with E-state index >= 15 is 0 Å². The lowest BCUT2D eigenvalue weighted by molar-refractivity contribution is -0.363. The van der Waals surface area contributed by atoms with Crippen LogP contribution in [0.2, 0.25) is 0 Å². The van der Waals surface area contributed by atoms with Crippen LogP contribution in [0.4, 0.5) is 4.39 Å². The number of aliphatic hydroxyl groups excluding tert-OH is 1. The van der Waals surface area contributed by atoms with Gasteiger partial charge < -0.3 is 15.2 Å². The molecule has 1 heterocycles. The second kappa shape index (κ2) is 4.13. The number of hydrogen-bond donors (Lipinski definition) is 1. The van der Waals surface area contributed by atoms with Crippen molar-refractivity contribution in [2.75, 3.05) is 26.3 Å². The molecule has 1 unspecified atom stereocenters. The van der Waals surface area contributed by atoms with E-state index in [0.717, 1.165) is 0 Å². The van der Waals surface area contributed by atoms with Crippen molar-refractivity contribution in [2.45, 2.75) is 6.10 Å². The Morgan fingerprint density at radius 2 is 2.54 bits per heavy atom. The first-order valence-electron chi connectivity index (χ1n) is 3.83. The van der Waals surface area contributed by atoms with Crippen LogP contribution >= 0.6 is 0 Å². The zero-order chi connectivity index (χ0) is 9.84. The topological polar surface area (TPSA) is 79.0 Å². The highest BCUT2D eigenvalue weighted by molar-refractivity contribution is 5.73. The largest absolute Gasteiger partial charge is 0.425 e. The first-order chi connectivity index (χ1) is 6.15. The van der Waals surface area contributed by atoms with E-state index < -0.39 is 17.7 Å². The van der Waals surface area contributed by atoms with Gasteiger partial charge in [-0.3, -0.25) is 4.90 Å². The van der Waals surface area contributed by atoms with Crippen molar-refractivity contribution < 1.29 is 14.4 Å². The van der Waals surface area contributed by atoms with E-state index in [2.05, 4.69) is 4.99 Å². The van der Waals surface area contributed by atoms with E-state index in [-0.39, 0.29) is 12.5 Å². The van der Waals surface area contributed by atoms with Crippen molar-refractivity contribution in [3.05, 3.63) is 10.1 Å². The van der Waals surface area contributed by atoms with E-state index in [1.54, 1.807) is 0 Å². The van der Waals surface area contributed by atoms with Crippen molar-refractivity contribution in [1.82, 2.24) is 4.90 Å². The molecule has 13 heavy (non-hydrogen) atoms. The molecule has 1 aliphatic heterocycles. The summed E-state index contributed by atoms with van der Waals surface area (Å²) in [5.74, 6) is -0.285. The number of aliphatic hydroxyl groups is 1. The first-order valence-corrected chi connectivity index (χ1v) is 3.83. The number of alkyl halides is 1. The molecule has 0 amide bonds. The van der Waals surface area contributed by atoms with Gasteiger partial charge in [-0.2, -0.15) is 0 Å². The van der Waals surface area contributed by atoms with Gasteiger partial charge in [-0.25, -0.2) is 4.39 Å². The van der Waals surface area contributed by atoms with Crippen LogP contribution in [0.5, 0.6) is 0 Å². The van der Waals surface area contributed by atoms with Crippen molar-refractivity contribution in [3.8, 4) is 0 Å². The van der Waals surface area contributed by atoms with Crippen LogP contribution in [-0.2, 0) is 0 Å². The van der Waals surface area contributed by atoms with E-state index in [0.29, 0.717) is 13.1 Å². The number of aliphatic imine (C=N–C) groups is 1. The number of β-amino-alcohol motifs (C(OH)–C–C–N with tert-alkyl or cyclic N) is 1. The molecule has 0 aliphatic carbocycles. The van der Waals surface area contributed by atoms with Gasteiger partial charge in [0.2, 0.25) is 0 Å². The summed E-state index contributed by atoms with van der Waals surface area (Å²) in [5, 5.41) is 19.3. The summed E-state index contributed by atoms with van der Waals surface area (Å²) in [5.41, 5.74) is 0. The average Bonchev–Trinajstić information content (AvgIpc) is 2.52. The molecule has 1 N–H and O–H groups in total. The minimum absolute atomic E-state index is 0.0731. The van der Waals surface area contributed by atoms with E-state index in [4.69, 9.17) is 5.11 Å². The minimum atomic E-state index is -1.18. The Labute approximate surface area is 73.8 Å². The number of nitrogens with zero attached hydrogens (tertiary/aromatic N) is 3. The van der Waals surface area contributed by atoms with Gasteiger partial charge in [-0.05, 0) is 4.92 Å². The summed E-state index contributed by atoms with van der Waals surface area (Å²) in [6.45, 7) is -0.277. The SMILES string of the molecule is O=[N+]([O-])C1=NCCN1CC(O)C[18F]. The number of guanidine groups is 1. The van der Waals surface area contributed by atoms with Crippen LogP contribution in [-0.4, -0.2) is 53.3 Å². The van der Waals surface area contributed by atoms with Crippen LogP contribution in [0.15, 0.2) is 4.99 Å². The van der Waals surface area contributed by atoms with Crippen molar-refractivity contribution in [1.29, 1.82) is 0 Å². The molecule has 1 rings (SSSR count). The van der Waals surface area contributed by atoms with Crippen LogP contribution in [0.3, 0.4) is 0 Å². The summed E-state index contributed by atoms with van der Waals surface area (Å²) in [4.78, 5) is 14.6. The molecular formula is C6H10FN3O3. The fourth-order valence-corrected chi connectivity index (χ4v) is 1.12. The third kappa shape index (κ3) is 2.35. The quantitative estimate of drug-likeness (QED) is 0.469. The lowest BCUT2D eigenvalue weighted by Crippen LogP contribution is -2.39.